The first-order chi connectivity index (χ1) is 10.4. The zero-order chi connectivity index (χ0) is 16.2. The number of nitrogens with zero attached hydrogens (tertiary/aromatic N) is 1. The number of amides is 1. The van der Waals surface area contributed by atoms with Crippen molar-refractivity contribution in [1.29, 1.82) is 0 Å². The van der Waals surface area contributed by atoms with E-state index in [-0.39, 0.29) is 11.7 Å². The molecule has 1 aliphatic rings. The van der Waals surface area contributed by atoms with Gasteiger partial charge in [0.2, 0.25) is 5.91 Å². The smallest absolute Gasteiger partial charge is 0.329 e. The van der Waals surface area contributed by atoms with Gasteiger partial charge in [-0.25, -0.2) is 4.79 Å². The number of hydrogen-bond acceptors (Lipinski definition) is 6. The van der Waals surface area contributed by atoms with Gasteiger partial charge in [0.05, 0.1) is 11.4 Å². The van der Waals surface area contributed by atoms with Gasteiger partial charge in [-0.15, -0.1) is 11.8 Å². The molecule has 0 aromatic carbocycles. The highest BCUT2D eigenvalue weighted by Crippen LogP contribution is 2.27. The summed E-state index contributed by atoms with van der Waals surface area (Å²) in [6.07, 6.45) is 0.959. The van der Waals surface area contributed by atoms with E-state index < -0.39 is 11.5 Å². The standard InChI is InChI=1S/C14H20N2O4S2/c1-9-11(10(2)20-16-9)7-22-8-12(17)15-14(13(18)19)3-5-21-6-4-14/h3-8H2,1-2H3,(H,15,17)(H,18,19). The molecule has 0 radical (unpaired) electrons. The number of carbonyl (C=O) groups excluding carboxylic acids is 1. The summed E-state index contributed by atoms with van der Waals surface area (Å²) >= 11 is 3.16. The number of rotatable bonds is 6. The van der Waals surface area contributed by atoms with Gasteiger partial charge in [-0.2, -0.15) is 11.8 Å². The first-order valence-electron chi connectivity index (χ1n) is 7.06. The topological polar surface area (TPSA) is 92.4 Å². The van der Waals surface area contributed by atoms with Gasteiger partial charge in [-0.3, -0.25) is 4.79 Å². The quantitative estimate of drug-likeness (QED) is 0.815. The molecule has 0 bridgehead atoms. The van der Waals surface area contributed by atoms with Crippen molar-refractivity contribution in [2.24, 2.45) is 0 Å². The Bertz CT molecular complexity index is 534. The molecule has 0 atom stereocenters. The fourth-order valence-electron chi connectivity index (χ4n) is 2.37. The SMILES string of the molecule is Cc1noc(C)c1CSCC(=O)NC1(C(=O)O)CCSCC1. The van der Waals surface area contributed by atoms with E-state index in [0.29, 0.717) is 18.6 Å². The number of nitrogens with one attached hydrogen (secondary N) is 1. The number of aromatic nitrogens is 1. The van der Waals surface area contributed by atoms with Crippen molar-refractivity contribution in [3.63, 3.8) is 0 Å². The van der Waals surface area contributed by atoms with E-state index in [2.05, 4.69) is 10.5 Å². The van der Waals surface area contributed by atoms with Crippen LogP contribution in [-0.2, 0) is 15.3 Å². The number of aryl methyl sites for hydroxylation is 2. The predicted octanol–water partition coefficient (Wildman–Crippen LogP) is 1.99. The molecule has 6 nitrogen and oxygen atoms in total. The minimum absolute atomic E-state index is 0.228. The monoisotopic (exact) mass is 344 g/mol. The third-order valence-electron chi connectivity index (χ3n) is 3.80. The lowest BCUT2D eigenvalue weighted by Gasteiger charge is -2.33. The van der Waals surface area contributed by atoms with Crippen LogP contribution in [0.4, 0.5) is 0 Å². The van der Waals surface area contributed by atoms with E-state index in [4.69, 9.17) is 4.52 Å². The van der Waals surface area contributed by atoms with Crippen molar-refractivity contribution in [3.05, 3.63) is 17.0 Å². The van der Waals surface area contributed by atoms with E-state index >= 15 is 0 Å². The molecule has 1 aliphatic heterocycles. The number of carboxylic acids is 1. The predicted molar refractivity (Wildman–Crippen MR) is 87.2 cm³/mol. The summed E-state index contributed by atoms with van der Waals surface area (Å²) < 4.78 is 5.08. The van der Waals surface area contributed by atoms with Gasteiger partial charge < -0.3 is 14.9 Å². The maximum Gasteiger partial charge on any atom is 0.329 e. The Hall–Kier alpha value is -1.15. The summed E-state index contributed by atoms with van der Waals surface area (Å²) in [5.74, 6) is 1.98. The van der Waals surface area contributed by atoms with Gasteiger partial charge in [0.25, 0.3) is 0 Å². The van der Waals surface area contributed by atoms with Crippen molar-refractivity contribution >= 4 is 35.4 Å². The molecular weight excluding hydrogens is 324 g/mol. The number of carbonyl (C=O) groups is 2. The van der Waals surface area contributed by atoms with Crippen molar-refractivity contribution in [2.75, 3.05) is 17.3 Å². The highest BCUT2D eigenvalue weighted by atomic mass is 32.2. The molecule has 8 heteroatoms. The Morgan fingerprint density at radius 1 is 1.41 bits per heavy atom. The van der Waals surface area contributed by atoms with Crippen molar-refractivity contribution in [1.82, 2.24) is 10.5 Å². The Morgan fingerprint density at radius 3 is 2.64 bits per heavy atom. The molecule has 1 saturated heterocycles. The second-order valence-corrected chi connectivity index (χ2v) is 7.55. The highest BCUT2D eigenvalue weighted by Gasteiger charge is 2.41. The van der Waals surface area contributed by atoms with E-state index in [1.807, 2.05) is 13.8 Å². The minimum atomic E-state index is -1.09. The Balaban J connectivity index is 1.85. The number of carboxylic acid groups (broad SMARTS) is 1. The molecule has 2 N–H and O–H groups in total. The van der Waals surface area contributed by atoms with E-state index in [0.717, 1.165) is 28.5 Å². The van der Waals surface area contributed by atoms with E-state index in [1.54, 1.807) is 11.8 Å². The van der Waals surface area contributed by atoms with Gasteiger partial charge in [0.1, 0.15) is 11.3 Å². The summed E-state index contributed by atoms with van der Waals surface area (Å²) in [4.78, 5) is 23.6. The van der Waals surface area contributed by atoms with Crippen LogP contribution in [0.3, 0.4) is 0 Å². The summed E-state index contributed by atoms with van der Waals surface area (Å²) in [6.45, 7) is 3.71. The van der Waals surface area contributed by atoms with Crippen LogP contribution in [0.5, 0.6) is 0 Å². The fourth-order valence-corrected chi connectivity index (χ4v) is 4.53. The first kappa shape index (κ1) is 17.2. The first-order valence-corrected chi connectivity index (χ1v) is 9.37. The molecule has 0 spiro atoms. The second kappa shape index (κ2) is 7.41. The maximum absolute atomic E-state index is 12.1. The minimum Gasteiger partial charge on any atom is -0.480 e. The summed E-state index contributed by atoms with van der Waals surface area (Å²) in [5, 5.41) is 16.0. The van der Waals surface area contributed by atoms with Crippen LogP contribution < -0.4 is 5.32 Å². The zero-order valence-corrected chi connectivity index (χ0v) is 14.3. The van der Waals surface area contributed by atoms with Crippen LogP contribution >= 0.6 is 23.5 Å². The third-order valence-corrected chi connectivity index (χ3v) is 5.74. The van der Waals surface area contributed by atoms with Gasteiger partial charge >= 0.3 is 5.97 Å². The Labute approximate surface area is 137 Å². The molecule has 2 rings (SSSR count). The molecule has 22 heavy (non-hydrogen) atoms. The molecule has 0 unspecified atom stereocenters. The molecule has 0 aliphatic carbocycles. The zero-order valence-electron chi connectivity index (χ0n) is 12.7. The van der Waals surface area contributed by atoms with E-state index in [1.165, 1.54) is 11.8 Å². The van der Waals surface area contributed by atoms with Crippen LogP contribution in [0.1, 0.15) is 29.9 Å². The van der Waals surface area contributed by atoms with Gasteiger partial charge in [-0.05, 0) is 38.2 Å². The Morgan fingerprint density at radius 2 is 2.09 bits per heavy atom. The van der Waals surface area contributed by atoms with Crippen LogP contribution in [0.15, 0.2) is 4.52 Å². The third kappa shape index (κ3) is 3.98. The van der Waals surface area contributed by atoms with Crippen molar-refractivity contribution in [3.8, 4) is 0 Å². The van der Waals surface area contributed by atoms with Crippen LogP contribution in [0, 0.1) is 13.8 Å². The van der Waals surface area contributed by atoms with Crippen LogP contribution in [0.2, 0.25) is 0 Å². The molecule has 0 saturated carbocycles. The molecule has 1 fully saturated rings. The lowest BCUT2D eigenvalue weighted by Crippen LogP contribution is -2.57. The fraction of sp³-hybridized carbons (Fsp3) is 0.643. The number of aliphatic carboxylic acids is 1. The number of hydrogen-bond donors (Lipinski definition) is 2. The molecular formula is C14H20N2O4S2. The van der Waals surface area contributed by atoms with Gasteiger partial charge in [-0.1, -0.05) is 5.16 Å². The summed E-state index contributed by atoms with van der Waals surface area (Å²) in [5.41, 5.74) is 0.739. The second-order valence-electron chi connectivity index (χ2n) is 5.34. The largest absolute Gasteiger partial charge is 0.480 e. The van der Waals surface area contributed by atoms with Gasteiger partial charge in [0, 0.05) is 11.3 Å². The molecule has 1 aromatic rings. The highest BCUT2D eigenvalue weighted by molar-refractivity contribution is 7.99. The molecule has 2 heterocycles. The average molecular weight is 344 g/mol. The Kier molecular flexibility index (Phi) is 5.80. The lowest BCUT2D eigenvalue weighted by atomic mass is 9.92. The van der Waals surface area contributed by atoms with Crippen LogP contribution in [0.25, 0.3) is 0 Å². The molecule has 122 valence electrons. The molecule has 1 aromatic heterocycles. The normalized spacial score (nSPS) is 17.2. The van der Waals surface area contributed by atoms with Crippen LogP contribution in [-0.4, -0.2) is 44.9 Å². The van der Waals surface area contributed by atoms with Crippen molar-refractivity contribution in [2.45, 2.75) is 38.0 Å². The average Bonchev–Trinajstić information content (AvgIpc) is 2.80. The number of thioether (sulfide) groups is 2. The summed E-state index contributed by atoms with van der Waals surface area (Å²) in [7, 11) is 0. The maximum atomic E-state index is 12.1. The summed E-state index contributed by atoms with van der Waals surface area (Å²) in [6, 6.07) is 0. The van der Waals surface area contributed by atoms with Crippen molar-refractivity contribution < 1.29 is 19.2 Å². The molecule has 1 amide bonds. The lowest BCUT2D eigenvalue weighted by molar-refractivity contribution is -0.147. The van der Waals surface area contributed by atoms with E-state index in [9.17, 15) is 14.7 Å². The van der Waals surface area contributed by atoms with Gasteiger partial charge in [0.15, 0.2) is 0 Å².